The van der Waals surface area contributed by atoms with Crippen molar-refractivity contribution in [1.82, 2.24) is 4.73 Å². The molecule has 1 aromatic rings. The zero-order chi connectivity index (χ0) is 14.6. The van der Waals surface area contributed by atoms with Crippen LogP contribution in [-0.4, -0.2) is 44.1 Å². The van der Waals surface area contributed by atoms with E-state index in [9.17, 15) is 20.4 Å². The van der Waals surface area contributed by atoms with Crippen LogP contribution in [0.4, 0.5) is 5.69 Å². The van der Waals surface area contributed by atoms with Crippen molar-refractivity contribution in [3.63, 3.8) is 0 Å². The molecule has 106 valence electrons. The molecule has 0 aromatic carbocycles. The Morgan fingerprint density at radius 1 is 1.63 bits per heavy atom. The molecule has 0 spiro atoms. The summed E-state index contributed by atoms with van der Waals surface area (Å²) in [5.74, 6) is 0.482. The molecule has 0 amide bonds. The van der Waals surface area contributed by atoms with Gasteiger partial charge in [-0.2, -0.15) is 16.5 Å². The van der Waals surface area contributed by atoms with E-state index in [0.29, 0.717) is 11.3 Å². The highest BCUT2D eigenvalue weighted by Gasteiger charge is 2.19. The lowest BCUT2D eigenvalue weighted by Crippen LogP contribution is -2.33. The quantitative estimate of drug-likeness (QED) is 0.477. The minimum Gasteiger partial charge on any atom is -0.427 e. The molecule has 0 unspecified atom stereocenters. The van der Waals surface area contributed by atoms with E-state index in [-0.39, 0.29) is 17.7 Å². The first kappa shape index (κ1) is 15.5. The van der Waals surface area contributed by atoms with Crippen molar-refractivity contribution in [1.29, 1.82) is 0 Å². The second-order valence-corrected chi connectivity index (χ2v) is 5.41. The van der Waals surface area contributed by atoms with Crippen LogP contribution in [0.25, 0.3) is 0 Å². The first-order valence-corrected chi connectivity index (χ1v) is 6.95. The Labute approximate surface area is 114 Å². The number of nitrogens with zero attached hydrogens (tertiary/aromatic N) is 3. The molecule has 0 saturated heterocycles. The van der Waals surface area contributed by atoms with Crippen LogP contribution in [0.15, 0.2) is 17.3 Å². The van der Waals surface area contributed by atoms with Crippen LogP contribution < -0.4 is 5.49 Å². The van der Waals surface area contributed by atoms with E-state index >= 15 is 0 Å². The molecule has 0 fully saturated rings. The van der Waals surface area contributed by atoms with Crippen LogP contribution in [0.3, 0.4) is 0 Å². The monoisotopic (exact) mass is 287 g/mol. The van der Waals surface area contributed by atoms with Gasteiger partial charge in [0.1, 0.15) is 0 Å². The molecule has 1 rings (SSSR count). The zero-order valence-electron chi connectivity index (χ0n) is 11.0. The van der Waals surface area contributed by atoms with Gasteiger partial charge in [0.15, 0.2) is 5.49 Å². The molecule has 0 aliphatic rings. The minimum absolute atomic E-state index is 0.0404. The van der Waals surface area contributed by atoms with Crippen molar-refractivity contribution in [3.05, 3.63) is 33.4 Å². The van der Waals surface area contributed by atoms with Crippen LogP contribution in [0.5, 0.6) is 0 Å². The molecule has 1 heterocycles. The van der Waals surface area contributed by atoms with Crippen molar-refractivity contribution in [2.24, 2.45) is 4.99 Å². The van der Waals surface area contributed by atoms with E-state index in [1.807, 2.05) is 6.26 Å². The fraction of sp³-hybridized carbons (Fsp3) is 0.545. The van der Waals surface area contributed by atoms with Crippen molar-refractivity contribution in [3.8, 4) is 0 Å². The van der Waals surface area contributed by atoms with Crippen LogP contribution in [0.1, 0.15) is 12.5 Å². The highest BCUT2D eigenvalue weighted by Crippen LogP contribution is 2.14. The summed E-state index contributed by atoms with van der Waals surface area (Å²) in [5.41, 5.74) is -0.763. The molecule has 19 heavy (non-hydrogen) atoms. The van der Waals surface area contributed by atoms with Gasteiger partial charge in [-0.3, -0.25) is 15.1 Å². The lowest BCUT2D eigenvalue weighted by atomic mass is 10.1. The van der Waals surface area contributed by atoms with E-state index in [0.717, 1.165) is 4.73 Å². The Kier molecular flexibility index (Phi) is 4.96. The first-order chi connectivity index (χ1) is 8.76. The highest BCUT2D eigenvalue weighted by atomic mass is 32.2. The molecule has 0 bridgehead atoms. The summed E-state index contributed by atoms with van der Waals surface area (Å²) < 4.78 is 0.720. The predicted molar refractivity (Wildman–Crippen MR) is 72.4 cm³/mol. The largest absolute Gasteiger partial charge is 0.427 e. The number of thioether (sulfide) groups is 1. The standard InChI is InChI=1S/C11H17N3O4S/c1-8-5-13(16)10(4-9(8)14(17)18)12-6-11(2,15)7-19-3/h4-5,15-16H,6-7H2,1-3H3/t11-/m0/s1. The number of aliphatic hydroxyl groups is 1. The lowest BCUT2D eigenvalue weighted by molar-refractivity contribution is -0.385. The third-order valence-corrected chi connectivity index (χ3v) is 3.36. The molecule has 2 N–H and O–H groups in total. The van der Waals surface area contributed by atoms with E-state index in [2.05, 4.69) is 4.99 Å². The number of rotatable bonds is 5. The normalized spacial score (nSPS) is 15.3. The van der Waals surface area contributed by atoms with E-state index in [1.165, 1.54) is 30.9 Å². The Morgan fingerprint density at radius 2 is 2.26 bits per heavy atom. The fourth-order valence-corrected chi connectivity index (χ4v) is 2.25. The number of aryl methyl sites for hydroxylation is 1. The predicted octanol–water partition coefficient (Wildman–Crippen LogP) is 0.957. The first-order valence-electron chi connectivity index (χ1n) is 5.55. The second-order valence-electron chi connectivity index (χ2n) is 4.55. The molecular formula is C11H17N3O4S. The maximum Gasteiger partial charge on any atom is 0.277 e. The smallest absolute Gasteiger partial charge is 0.277 e. The molecule has 7 nitrogen and oxygen atoms in total. The Balaban J connectivity index is 3.13. The lowest BCUT2D eigenvalue weighted by Gasteiger charge is -2.19. The second kappa shape index (κ2) is 6.07. The maximum atomic E-state index is 10.8. The molecule has 1 atom stereocenters. The average Bonchev–Trinajstić information content (AvgIpc) is 2.27. The van der Waals surface area contributed by atoms with Gasteiger partial charge >= 0.3 is 0 Å². The van der Waals surface area contributed by atoms with Gasteiger partial charge in [0, 0.05) is 11.3 Å². The van der Waals surface area contributed by atoms with Crippen molar-refractivity contribution in [2.75, 3.05) is 18.6 Å². The molecule has 1 aromatic heterocycles. The van der Waals surface area contributed by atoms with Gasteiger partial charge in [-0.15, -0.1) is 0 Å². The molecular weight excluding hydrogens is 270 g/mol. The summed E-state index contributed by atoms with van der Waals surface area (Å²) in [6, 6.07) is 1.19. The van der Waals surface area contributed by atoms with Gasteiger partial charge in [0.2, 0.25) is 0 Å². The third kappa shape index (κ3) is 4.25. The van der Waals surface area contributed by atoms with Gasteiger partial charge in [0.25, 0.3) is 5.69 Å². The third-order valence-electron chi connectivity index (χ3n) is 2.45. The summed E-state index contributed by atoms with van der Waals surface area (Å²) in [4.78, 5) is 14.3. The number of hydrogen-bond donors (Lipinski definition) is 2. The topological polar surface area (TPSA) is 101 Å². The van der Waals surface area contributed by atoms with Crippen LogP contribution >= 0.6 is 11.8 Å². The fourth-order valence-electron chi connectivity index (χ4n) is 1.54. The van der Waals surface area contributed by atoms with Gasteiger partial charge < -0.3 is 10.3 Å². The SMILES string of the molecule is CSC[C@@](C)(O)CN=c1cc([N+](=O)[O-])c(C)cn1O. The van der Waals surface area contributed by atoms with E-state index < -0.39 is 10.5 Å². The van der Waals surface area contributed by atoms with Crippen LogP contribution in [-0.2, 0) is 0 Å². The number of nitro groups is 1. The summed E-state index contributed by atoms with van der Waals surface area (Å²) in [6.45, 7) is 3.20. The molecule has 8 heteroatoms. The van der Waals surface area contributed by atoms with Crippen molar-refractivity contribution in [2.45, 2.75) is 19.4 Å². The average molecular weight is 287 g/mol. The molecule has 0 saturated carbocycles. The van der Waals surface area contributed by atoms with Gasteiger partial charge in [-0.25, -0.2) is 0 Å². The highest BCUT2D eigenvalue weighted by molar-refractivity contribution is 7.98. The van der Waals surface area contributed by atoms with Crippen molar-refractivity contribution >= 4 is 17.4 Å². The van der Waals surface area contributed by atoms with E-state index in [1.54, 1.807) is 6.92 Å². The number of pyridine rings is 1. The molecule has 0 aliphatic heterocycles. The molecule has 0 aliphatic carbocycles. The maximum absolute atomic E-state index is 10.8. The summed E-state index contributed by atoms with van der Waals surface area (Å²) in [6.07, 6.45) is 3.08. The van der Waals surface area contributed by atoms with E-state index in [4.69, 9.17) is 0 Å². The number of hydrogen-bond acceptors (Lipinski definition) is 6. The summed E-state index contributed by atoms with van der Waals surface area (Å²) in [5, 5.41) is 30.4. The Morgan fingerprint density at radius 3 is 2.79 bits per heavy atom. The zero-order valence-corrected chi connectivity index (χ0v) is 11.8. The minimum atomic E-state index is -1.02. The van der Waals surface area contributed by atoms with Gasteiger partial charge in [0.05, 0.1) is 29.3 Å². The summed E-state index contributed by atoms with van der Waals surface area (Å²) >= 11 is 1.47. The Hall–Kier alpha value is -1.54. The number of aromatic nitrogens is 1. The molecule has 0 radical (unpaired) electrons. The van der Waals surface area contributed by atoms with Crippen LogP contribution in [0, 0.1) is 17.0 Å². The van der Waals surface area contributed by atoms with Crippen molar-refractivity contribution < 1.29 is 15.2 Å². The van der Waals surface area contributed by atoms with Gasteiger partial charge in [-0.05, 0) is 20.1 Å². The van der Waals surface area contributed by atoms with Crippen LogP contribution in [0.2, 0.25) is 0 Å². The summed E-state index contributed by atoms with van der Waals surface area (Å²) in [7, 11) is 0. The Bertz CT molecular complexity index is 539. The van der Waals surface area contributed by atoms with Gasteiger partial charge in [-0.1, -0.05) is 0 Å².